The summed E-state index contributed by atoms with van der Waals surface area (Å²) < 4.78 is 0. The highest BCUT2D eigenvalue weighted by molar-refractivity contribution is 6.01. The predicted molar refractivity (Wildman–Crippen MR) is 364 cm³/mol. The molecule has 24 N–H and O–H groups in total. The number of aliphatic hydroxyl groups excluding tert-OH is 2. The Morgan fingerprint density at radius 1 is 0.446 bits per heavy atom. The molecule has 0 bridgehead atoms. The van der Waals surface area contributed by atoms with Gasteiger partial charge in [-0.25, -0.2) is 4.79 Å². The summed E-state index contributed by atoms with van der Waals surface area (Å²) in [6.45, 7) is 19.1. The topological polar surface area (TPSA) is 606 Å². The van der Waals surface area contributed by atoms with Crippen molar-refractivity contribution in [2.45, 2.75) is 251 Å². The number of aliphatic carboxylic acids is 2. The van der Waals surface area contributed by atoms with Crippen LogP contribution in [0.1, 0.15) is 161 Å². The van der Waals surface area contributed by atoms with Crippen molar-refractivity contribution in [3.05, 3.63) is 0 Å². The summed E-state index contributed by atoms with van der Waals surface area (Å²) in [6.07, 6.45) is -2.28. The van der Waals surface area contributed by atoms with Crippen LogP contribution in [0.2, 0.25) is 0 Å². The number of carboxylic acid groups (broad SMARTS) is 2. The first-order valence-corrected chi connectivity index (χ1v) is 34.2. The molecule has 0 aliphatic carbocycles. The van der Waals surface area contributed by atoms with E-state index in [9.17, 15) is 92.0 Å². The van der Waals surface area contributed by atoms with Gasteiger partial charge in [0, 0.05) is 6.54 Å². The summed E-state index contributed by atoms with van der Waals surface area (Å²) in [5.41, 5.74) is 22.5. The fraction of sp³-hybridized carbons (Fsp3) is 0.750. The molecule has 1 aliphatic heterocycles. The number of rotatable bonds is 46. The monoisotopic (exact) mass is 1440 g/mol. The Kier molecular flexibility index (Phi) is 39.8. The predicted octanol–water partition coefficient (Wildman–Crippen LogP) is -6.10. The zero-order valence-electron chi connectivity index (χ0n) is 60.2. The minimum atomic E-state index is -1.85. The third-order valence-corrected chi connectivity index (χ3v) is 16.8. The minimum absolute atomic E-state index is 0.0340. The molecule has 1 aliphatic rings. The van der Waals surface area contributed by atoms with Gasteiger partial charge in [0.2, 0.25) is 82.7 Å². The Morgan fingerprint density at radius 3 is 1.25 bits per heavy atom. The maximum atomic E-state index is 14.1. The molecule has 1 heterocycles. The molecule has 0 radical (unpaired) electrons. The zero-order valence-corrected chi connectivity index (χ0v) is 60.2. The molecule has 0 aromatic heterocycles. The van der Waals surface area contributed by atoms with Crippen molar-refractivity contribution >= 4 is 94.6 Å². The van der Waals surface area contributed by atoms with Crippen molar-refractivity contribution in [2.24, 2.45) is 52.5 Å². The maximum absolute atomic E-state index is 14.1. The summed E-state index contributed by atoms with van der Waals surface area (Å²) in [4.78, 5) is 215. The molecule has 0 saturated carbocycles. The lowest BCUT2D eigenvalue weighted by molar-refractivity contribution is -0.149. The van der Waals surface area contributed by atoms with Crippen LogP contribution in [0.5, 0.6) is 0 Å². The molecule has 0 aromatic carbocycles. The molecule has 0 spiro atoms. The first-order valence-electron chi connectivity index (χ1n) is 34.2. The van der Waals surface area contributed by atoms with Gasteiger partial charge < -0.3 is 112 Å². The van der Waals surface area contributed by atoms with E-state index in [-0.39, 0.29) is 45.2 Å². The van der Waals surface area contributed by atoms with E-state index in [0.29, 0.717) is 32.2 Å². The van der Waals surface area contributed by atoms with Crippen LogP contribution in [0.3, 0.4) is 0 Å². The van der Waals surface area contributed by atoms with Gasteiger partial charge in [-0.3, -0.25) is 71.9 Å². The smallest absolute Gasteiger partial charge is 0.326 e. The molecule has 1 saturated heterocycles. The van der Waals surface area contributed by atoms with Gasteiger partial charge in [-0.15, -0.1) is 0 Å². The lowest BCUT2D eigenvalue weighted by atomic mass is 9.96. The number of amides is 14. The van der Waals surface area contributed by atoms with Crippen LogP contribution in [-0.2, 0) is 76.7 Å². The number of nitrogens with one attached hydrogen (secondary N) is 12. The van der Waals surface area contributed by atoms with Gasteiger partial charge in [0.05, 0.1) is 37.6 Å². The number of carbonyl (C=O) groups excluding carboxylic acids is 14. The highest BCUT2D eigenvalue weighted by atomic mass is 16.4. The lowest BCUT2D eigenvalue weighted by Crippen LogP contribution is -2.64. The van der Waals surface area contributed by atoms with Gasteiger partial charge in [0.1, 0.15) is 72.5 Å². The lowest BCUT2D eigenvalue weighted by Gasteiger charge is -2.31. The van der Waals surface area contributed by atoms with Crippen LogP contribution in [0.15, 0.2) is 0 Å². The highest BCUT2D eigenvalue weighted by Gasteiger charge is 2.42. The third-order valence-electron chi connectivity index (χ3n) is 16.8. The number of hydrogen-bond acceptors (Lipinski definition) is 21. The molecular weight excluding hydrogens is 1330 g/mol. The average molecular weight is 1440 g/mol. The number of primary amides is 1. The summed E-state index contributed by atoms with van der Waals surface area (Å²) in [5, 5.41) is 69.8. The third kappa shape index (κ3) is 30.6. The summed E-state index contributed by atoms with van der Waals surface area (Å²) in [7, 11) is 0. The number of carbonyl (C=O) groups is 16. The van der Waals surface area contributed by atoms with Crippen LogP contribution >= 0.6 is 0 Å². The summed E-state index contributed by atoms with van der Waals surface area (Å²) in [6, 6.07) is -18.9. The van der Waals surface area contributed by atoms with Crippen LogP contribution in [-0.4, -0.2) is 237 Å². The van der Waals surface area contributed by atoms with E-state index in [1.54, 1.807) is 41.5 Å². The molecule has 37 nitrogen and oxygen atoms in total. The number of unbranched alkanes of at least 4 members (excludes halogenated alkanes) is 2. The Morgan fingerprint density at radius 2 is 0.832 bits per heavy atom. The number of hydrogen-bond donors (Lipinski definition) is 20. The van der Waals surface area contributed by atoms with E-state index in [2.05, 4.69) is 63.8 Å². The Bertz CT molecular complexity index is 2860. The van der Waals surface area contributed by atoms with E-state index in [1.807, 2.05) is 0 Å². The van der Waals surface area contributed by atoms with Crippen molar-refractivity contribution in [3.8, 4) is 0 Å². The molecule has 16 atom stereocenters. The Balaban J connectivity index is 3.30. The molecule has 1 fully saturated rings. The normalized spacial score (nSPS) is 17.4. The van der Waals surface area contributed by atoms with Gasteiger partial charge in [0.15, 0.2) is 0 Å². The van der Waals surface area contributed by atoms with Gasteiger partial charge >= 0.3 is 11.9 Å². The standard InChI is InChI=1S/C64H113N17O20/c1-14-33(10)49(78-62(98)51(36(13)83)79-59(95)47(31(6)7)74-53(89)37(67)26-44(86)87)60(96)80-50(35(12)82)61(97)77-46(30(4)5)57(93)73-40(27-42(68)84)54(90)69-28-43(85)71-38(20-15-17-23-65)55(91)75-48(32(8)9)58(94)76-45(29(2)3)56(92)70-34(11)52(88)72-39(21-16-18-24-66)63(99)81-25-19-22-41(81)64(100)101/h29-41,45-51,82-83H,14-28,65-67H2,1-13H3,(H2,68,84)(H,69,90)(H,70,92)(H,71,85)(H,72,88)(H,73,93)(H,74,89)(H,75,91)(H,76,94)(H,77,97)(H,78,98)(H,79,95)(H,80,96)(H,86,87)(H,100,101)/t33-,34-,35+,36+,37-,38-,39-,40-,41-,45-,46-,47-,48-,49-,50-,51-/m0/s1. The number of nitrogens with two attached hydrogens (primary N) is 4. The molecule has 101 heavy (non-hydrogen) atoms. The van der Waals surface area contributed by atoms with Crippen LogP contribution < -0.4 is 86.7 Å². The SMILES string of the molecule is CC[C@H](C)[C@H](NC(=O)[C@@H](NC(=O)[C@@H](NC(=O)[C@@H](N)CC(=O)O)C(C)C)[C@@H](C)O)C(=O)N[C@H](C(=O)N[C@H](C(=O)N[C@@H](CC(N)=O)C(=O)NCC(=O)N[C@@H](CCCCN)C(=O)N[C@H](C(=O)N[C@H](C(=O)N[C@@H](C)C(=O)N[C@@H](CCCCN)C(=O)N1CCC[C@H]1C(=O)O)C(C)C)C(C)C)C(C)C)[C@@H](C)O. The molecule has 14 amide bonds. The second-order valence-corrected chi connectivity index (χ2v) is 26.9. The van der Waals surface area contributed by atoms with E-state index in [0.717, 1.165) is 13.8 Å². The largest absolute Gasteiger partial charge is 0.481 e. The fourth-order valence-electron chi connectivity index (χ4n) is 10.5. The van der Waals surface area contributed by atoms with Crippen molar-refractivity contribution < 1.29 is 97.1 Å². The summed E-state index contributed by atoms with van der Waals surface area (Å²) >= 11 is 0. The van der Waals surface area contributed by atoms with Gasteiger partial charge in [-0.1, -0.05) is 75.7 Å². The van der Waals surface area contributed by atoms with Crippen molar-refractivity contribution in [2.75, 3.05) is 26.2 Å². The van der Waals surface area contributed by atoms with Gasteiger partial charge in [0.25, 0.3) is 0 Å². The fourth-order valence-corrected chi connectivity index (χ4v) is 10.5. The highest BCUT2D eigenvalue weighted by Crippen LogP contribution is 2.21. The van der Waals surface area contributed by atoms with Crippen LogP contribution in [0.25, 0.3) is 0 Å². The average Bonchev–Trinajstić information content (AvgIpc) is 1.83. The second kappa shape index (κ2) is 44.5. The second-order valence-electron chi connectivity index (χ2n) is 26.9. The number of carboxylic acids is 2. The molecule has 1 rings (SSSR count). The van der Waals surface area contributed by atoms with E-state index in [4.69, 9.17) is 28.0 Å². The number of aliphatic hydroxyl groups is 2. The van der Waals surface area contributed by atoms with E-state index >= 15 is 0 Å². The molecule has 574 valence electrons. The van der Waals surface area contributed by atoms with Crippen molar-refractivity contribution in [1.29, 1.82) is 0 Å². The number of nitrogens with zero attached hydrogens (tertiary/aromatic N) is 1. The first-order chi connectivity index (χ1) is 47.1. The van der Waals surface area contributed by atoms with Crippen molar-refractivity contribution in [3.63, 3.8) is 0 Å². The quantitative estimate of drug-likeness (QED) is 0.0252. The maximum Gasteiger partial charge on any atom is 0.326 e. The first kappa shape index (κ1) is 90.3. The molecular formula is C64H113N17O20. The van der Waals surface area contributed by atoms with E-state index < -0.39 is 234 Å². The molecule has 37 heteroatoms. The Labute approximate surface area is 588 Å². The molecule has 0 aromatic rings. The van der Waals surface area contributed by atoms with Crippen molar-refractivity contribution in [1.82, 2.24) is 68.7 Å². The van der Waals surface area contributed by atoms with Gasteiger partial charge in [-0.2, -0.15) is 0 Å². The van der Waals surface area contributed by atoms with Crippen LogP contribution in [0.4, 0.5) is 0 Å². The van der Waals surface area contributed by atoms with Crippen LogP contribution in [0, 0.1) is 29.6 Å². The summed E-state index contributed by atoms with van der Waals surface area (Å²) in [5.74, 6) is -19.4. The molecule has 0 unspecified atom stereocenters. The zero-order chi connectivity index (χ0) is 77.5. The van der Waals surface area contributed by atoms with E-state index in [1.165, 1.54) is 39.5 Å². The van der Waals surface area contributed by atoms with Gasteiger partial charge in [-0.05, 0) is 115 Å². The Hall–Kier alpha value is -8.68. The number of likely N-dealkylation sites (tertiary alicyclic amines) is 1. The minimum Gasteiger partial charge on any atom is -0.481 e.